The van der Waals surface area contributed by atoms with Gasteiger partial charge >= 0.3 is 29.6 Å². The molecule has 0 spiro atoms. The average molecular weight is 226 g/mol. The van der Waals surface area contributed by atoms with Gasteiger partial charge in [-0.25, -0.2) is 0 Å². The molecule has 1 aromatic carbocycles. The Morgan fingerprint density at radius 2 is 2.25 bits per heavy atom. The minimum absolute atomic E-state index is 0. The third kappa shape index (κ3) is 2.10. The molecule has 0 bridgehead atoms. The van der Waals surface area contributed by atoms with Crippen LogP contribution in [0.2, 0.25) is 5.02 Å². The van der Waals surface area contributed by atoms with E-state index in [-0.39, 0.29) is 31.0 Å². The minimum Gasteiger partial charge on any atom is -1.00 e. The van der Waals surface area contributed by atoms with Gasteiger partial charge in [0.2, 0.25) is 0 Å². The van der Waals surface area contributed by atoms with Crippen LogP contribution in [0.15, 0.2) is 18.2 Å². The molecule has 1 aromatic heterocycles. The van der Waals surface area contributed by atoms with E-state index in [1.165, 1.54) is 0 Å². The molecule has 1 heterocycles. The predicted molar refractivity (Wildman–Crippen MR) is 53.1 cm³/mol. The quantitative estimate of drug-likeness (QED) is 0.516. The molecule has 0 atom stereocenters. The Bertz CT molecular complexity index is 453. The van der Waals surface area contributed by atoms with Gasteiger partial charge in [0.25, 0.3) is 0 Å². The molecular weight excluding hydrogens is 221 g/mol. The summed E-state index contributed by atoms with van der Waals surface area (Å²) in [5.41, 5.74) is 1.06. The van der Waals surface area contributed by atoms with Gasteiger partial charge in [-0.2, -0.15) is 0 Å². The van der Waals surface area contributed by atoms with E-state index >= 15 is 0 Å². The summed E-state index contributed by atoms with van der Waals surface area (Å²) in [6.07, 6.45) is 0. The van der Waals surface area contributed by atoms with Gasteiger partial charge in [0.05, 0.1) is 10.2 Å². The maximum atomic E-state index is 5.79. The van der Waals surface area contributed by atoms with Gasteiger partial charge in [0.1, 0.15) is 0 Å². The van der Waals surface area contributed by atoms with Crippen LogP contribution in [0, 0.1) is 3.95 Å². The molecule has 0 unspecified atom stereocenters. The average Bonchev–Trinajstić information content (AvgIpc) is 2.27. The van der Waals surface area contributed by atoms with E-state index in [0.717, 1.165) is 19.2 Å². The van der Waals surface area contributed by atoms with Crippen LogP contribution in [0.4, 0.5) is 0 Å². The standard InChI is InChI=1S/C7H4ClNS2.Na.H/c8-4-1-2-5-6(3-4)11-7(10)9-5;;/h1-3H,(H,9,10);;/q;+1;-1. The van der Waals surface area contributed by atoms with Gasteiger partial charge in [0.15, 0.2) is 3.95 Å². The molecule has 5 heteroatoms. The molecule has 12 heavy (non-hydrogen) atoms. The van der Waals surface area contributed by atoms with Crippen molar-refractivity contribution in [1.82, 2.24) is 4.98 Å². The topological polar surface area (TPSA) is 15.8 Å². The first kappa shape index (κ1) is 10.7. The Morgan fingerprint density at radius 3 is 3.00 bits per heavy atom. The Balaban J connectivity index is 0.000000720. The van der Waals surface area contributed by atoms with E-state index in [1.807, 2.05) is 18.2 Å². The summed E-state index contributed by atoms with van der Waals surface area (Å²) in [6, 6.07) is 5.69. The van der Waals surface area contributed by atoms with E-state index in [0.29, 0.717) is 0 Å². The molecule has 0 fully saturated rings. The molecule has 0 radical (unpaired) electrons. The van der Waals surface area contributed by atoms with Crippen LogP contribution in [-0.4, -0.2) is 4.98 Å². The van der Waals surface area contributed by atoms with Crippen molar-refractivity contribution in [3.63, 3.8) is 0 Å². The summed E-state index contributed by atoms with van der Waals surface area (Å²) < 4.78 is 1.91. The molecule has 0 aliphatic heterocycles. The molecule has 0 saturated heterocycles. The second-order valence-corrected chi connectivity index (χ2v) is 4.31. The summed E-state index contributed by atoms with van der Waals surface area (Å²) in [5, 5.41) is 0.753. The van der Waals surface area contributed by atoms with Crippen molar-refractivity contribution < 1.29 is 31.0 Å². The number of H-pyrrole nitrogens is 1. The van der Waals surface area contributed by atoms with Crippen molar-refractivity contribution in [2.45, 2.75) is 0 Å². The van der Waals surface area contributed by atoms with Crippen molar-refractivity contribution in [2.24, 2.45) is 0 Å². The summed E-state index contributed by atoms with van der Waals surface area (Å²) in [4.78, 5) is 3.06. The van der Waals surface area contributed by atoms with Crippen molar-refractivity contribution >= 4 is 45.4 Å². The second kappa shape index (κ2) is 4.22. The van der Waals surface area contributed by atoms with Crippen LogP contribution in [0.3, 0.4) is 0 Å². The number of fused-ring (bicyclic) bond motifs is 1. The fraction of sp³-hybridized carbons (Fsp3) is 0. The van der Waals surface area contributed by atoms with E-state index in [2.05, 4.69) is 4.98 Å². The first-order chi connectivity index (χ1) is 5.25. The number of benzene rings is 1. The van der Waals surface area contributed by atoms with Crippen molar-refractivity contribution in [3.8, 4) is 0 Å². The Hall–Kier alpha value is 0.620. The third-order valence-corrected chi connectivity index (χ3v) is 2.82. The van der Waals surface area contributed by atoms with Crippen LogP contribution in [0.5, 0.6) is 0 Å². The van der Waals surface area contributed by atoms with E-state index in [1.54, 1.807) is 11.3 Å². The van der Waals surface area contributed by atoms with Crippen LogP contribution in [0.25, 0.3) is 10.2 Å². The zero-order chi connectivity index (χ0) is 7.84. The molecule has 0 aliphatic carbocycles. The molecule has 2 rings (SSSR count). The van der Waals surface area contributed by atoms with Crippen molar-refractivity contribution in [2.75, 3.05) is 0 Å². The number of rotatable bonds is 0. The van der Waals surface area contributed by atoms with Gasteiger partial charge in [-0.05, 0) is 30.4 Å². The molecule has 2 aromatic rings. The number of halogens is 1. The molecule has 1 nitrogen and oxygen atoms in total. The van der Waals surface area contributed by atoms with Crippen LogP contribution < -0.4 is 29.6 Å². The van der Waals surface area contributed by atoms with Crippen LogP contribution in [0.1, 0.15) is 1.43 Å². The first-order valence-electron chi connectivity index (χ1n) is 3.04. The monoisotopic (exact) mass is 225 g/mol. The zero-order valence-electron chi connectivity index (χ0n) is 7.43. The predicted octanol–water partition coefficient (Wildman–Crippen LogP) is 0.729. The number of aromatic nitrogens is 1. The summed E-state index contributed by atoms with van der Waals surface area (Å²) in [6.45, 7) is 0. The van der Waals surface area contributed by atoms with Gasteiger partial charge in [-0.3, -0.25) is 0 Å². The molecule has 58 valence electrons. The van der Waals surface area contributed by atoms with E-state index in [9.17, 15) is 0 Å². The first-order valence-corrected chi connectivity index (χ1v) is 4.64. The minimum atomic E-state index is 0. The van der Waals surface area contributed by atoms with Crippen molar-refractivity contribution in [1.29, 1.82) is 0 Å². The maximum absolute atomic E-state index is 5.79. The van der Waals surface area contributed by atoms with Gasteiger partial charge in [-0.1, -0.05) is 11.6 Å². The maximum Gasteiger partial charge on any atom is 1.00 e. The van der Waals surface area contributed by atoms with Crippen LogP contribution in [-0.2, 0) is 0 Å². The Labute approximate surface area is 108 Å². The molecule has 1 N–H and O–H groups in total. The Morgan fingerprint density at radius 1 is 1.50 bits per heavy atom. The SMILES string of the molecule is S=c1[nH]c2ccc(Cl)cc2s1.[H-].[Na+]. The molecule has 0 saturated carbocycles. The fourth-order valence-corrected chi connectivity index (χ4v) is 2.31. The fourth-order valence-electron chi connectivity index (χ4n) is 0.919. The smallest absolute Gasteiger partial charge is 1.00 e. The largest absolute Gasteiger partial charge is 1.00 e. The molecule has 0 amide bonds. The van der Waals surface area contributed by atoms with Gasteiger partial charge < -0.3 is 6.41 Å². The van der Waals surface area contributed by atoms with Gasteiger partial charge in [0, 0.05) is 5.02 Å². The Kier molecular flexibility index (Phi) is 3.76. The summed E-state index contributed by atoms with van der Waals surface area (Å²) >= 11 is 12.3. The van der Waals surface area contributed by atoms with E-state index in [4.69, 9.17) is 23.8 Å². The second-order valence-electron chi connectivity index (χ2n) is 2.16. The number of hydrogen-bond donors (Lipinski definition) is 1. The number of thiazole rings is 1. The normalized spacial score (nSPS) is 9.75. The molecular formula is C7H5ClNNaS2. The number of nitrogens with one attached hydrogen (secondary N) is 1. The summed E-state index contributed by atoms with van der Waals surface area (Å²) in [7, 11) is 0. The number of hydrogen-bond acceptors (Lipinski definition) is 2. The van der Waals surface area contributed by atoms with Crippen LogP contribution >= 0.6 is 35.2 Å². The van der Waals surface area contributed by atoms with Gasteiger partial charge in [-0.15, -0.1) is 11.3 Å². The number of aromatic amines is 1. The third-order valence-electron chi connectivity index (χ3n) is 1.38. The summed E-state index contributed by atoms with van der Waals surface area (Å²) in [5.74, 6) is 0. The van der Waals surface area contributed by atoms with E-state index < -0.39 is 0 Å². The zero-order valence-corrected chi connectivity index (χ0v) is 10.8. The molecule has 0 aliphatic rings. The van der Waals surface area contributed by atoms with Crippen molar-refractivity contribution in [3.05, 3.63) is 27.2 Å².